The molecule has 1 aromatic heterocycles. The zero-order valence-electron chi connectivity index (χ0n) is 10.4. The van der Waals surface area contributed by atoms with Crippen LogP contribution in [0, 0.1) is 11.6 Å². The second kappa shape index (κ2) is 5.40. The van der Waals surface area contributed by atoms with E-state index in [-0.39, 0.29) is 10.2 Å². The minimum Gasteiger partial charge on any atom is -0.456 e. The highest BCUT2D eigenvalue weighted by Gasteiger charge is 2.24. The Kier molecular flexibility index (Phi) is 3.73. The SMILES string of the molecule is OC(c1cc2cccc(Cl)c2o1)c1c(F)cc(Br)cc1F. The lowest BCUT2D eigenvalue weighted by molar-refractivity contribution is 0.182. The summed E-state index contributed by atoms with van der Waals surface area (Å²) in [6.45, 7) is 0. The topological polar surface area (TPSA) is 33.4 Å². The number of rotatable bonds is 2. The second-order valence-corrected chi connectivity index (χ2v) is 5.82. The van der Waals surface area contributed by atoms with E-state index in [2.05, 4.69) is 15.9 Å². The van der Waals surface area contributed by atoms with Gasteiger partial charge in [0.2, 0.25) is 0 Å². The van der Waals surface area contributed by atoms with Crippen LogP contribution in [-0.2, 0) is 0 Å². The monoisotopic (exact) mass is 372 g/mol. The van der Waals surface area contributed by atoms with Crippen LogP contribution in [0.25, 0.3) is 11.0 Å². The lowest BCUT2D eigenvalue weighted by atomic mass is 10.1. The fraction of sp³-hybridized carbons (Fsp3) is 0.0667. The van der Waals surface area contributed by atoms with E-state index in [0.29, 0.717) is 16.0 Å². The fourth-order valence-electron chi connectivity index (χ4n) is 2.14. The van der Waals surface area contributed by atoms with E-state index in [1.54, 1.807) is 18.2 Å². The number of halogens is 4. The van der Waals surface area contributed by atoms with Gasteiger partial charge in [-0.15, -0.1) is 0 Å². The van der Waals surface area contributed by atoms with Gasteiger partial charge in [0.25, 0.3) is 0 Å². The van der Waals surface area contributed by atoms with E-state index in [0.717, 1.165) is 12.1 Å². The fourth-order valence-corrected chi connectivity index (χ4v) is 2.76. The van der Waals surface area contributed by atoms with Gasteiger partial charge >= 0.3 is 0 Å². The number of hydrogen-bond donors (Lipinski definition) is 1. The van der Waals surface area contributed by atoms with Crippen LogP contribution in [0.4, 0.5) is 8.78 Å². The predicted molar refractivity (Wildman–Crippen MR) is 79.3 cm³/mol. The highest BCUT2D eigenvalue weighted by Crippen LogP contribution is 2.34. The third kappa shape index (κ3) is 2.57. The Morgan fingerprint density at radius 1 is 1.14 bits per heavy atom. The van der Waals surface area contributed by atoms with Crippen molar-refractivity contribution in [1.82, 2.24) is 0 Å². The zero-order valence-corrected chi connectivity index (χ0v) is 12.8. The largest absolute Gasteiger partial charge is 0.456 e. The number of aliphatic hydroxyl groups is 1. The maximum atomic E-state index is 13.9. The molecule has 6 heteroatoms. The smallest absolute Gasteiger partial charge is 0.153 e. The van der Waals surface area contributed by atoms with Crippen LogP contribution in [0.3, 0.4) is 0 Å². The van der Waals surface area contributed by atoms with Crippen molar-refractivity contribution in [1.29, 1.82) is 0 Å². The quantitative estimate of drug-likeness (QED) is 0.669. The normalized spacial score (nSPS) is 12.8. The highest BCUT2D eigenvalue weighted by atomic mass is 79.9. The van der Waals surface area contributed by atoms with E-state index in [1.165, 1.54) is 6.07 Å². The third-order valence-electron chi connectivity index (χ3n) is 3.10. The maximum absolute atomic E-state index is 13.9. The first-order chi connectivity index (χ1) is 9.97. The molecule has 0 bridgehead atoms. The molecule has 0 aliphatic rings. The van der Waals surface area contributed by atoms with Crippen molar-refractivity contribution in [3.8, 4) is 0 Å². The Bertz CT molecular complexity index is 809. The molecule has 1 unspecified atom stereocenters. The van der Waals surface area contributed by atoms with E-state index in [1.807, 2.05) is 0 Å². The summed E-state index contributed by atoms with van der Waals surface area (Å²) >= 11 is 8.96. The van der Waals surface area contributed by atoms with Crippen molar-refractivity contribution in [2.24, 2.45) is 0 Å². The van der Waals surface area contributed by atoms with Crippen molar-refractivity contribution in [2.45, 2.75) is 6.10 Å². The number of benzene rings is 2. The molecule has 2 nitrogen and oxygen atoms in total. The van der Waals surface area contributed by atoms with E-state index in [9.17, 15) is 13.9 Å². The van der Waals surface area contributed by atoms with Gasteiger partial charge in [-0.05, 0) is 24.3 Å². The first-order valence-corrected chi connectivity index (χ1v) is 7.15. The molecule has 0 saturated carbocycles. The van der Waals surface area contributed by atoms with Crippen LogP contribution in [0.2, 0.25) is 5.02 Å². The van der Waals surface area contributed by atoms with Gasteiger partial charge in [0.05, 0.1) is 10.6 Å². The molecule has 0 aliphatic heterocycles. The van der Waals surface area contributed by atoms with Gasteiger partial charge in [0, 0.05) is 9.86 Å². The van der Waals surface area contributed by atoms with Crippen LogP contribution >= 0.6 is 27.5 Å². The van der Waals surface area contributed by atoms with Gasteiger partial charge in [0.15, 0.2) is 5.58 Å². The molecule has 21 heavy (non-hydrogen) atoms. The summed E-state index contributed by atoms with van der Waals surface area (Å²) in [5, 5.41) is 11.2. The summed E-state index contributed by atoms with van der Waals surface area (Å²) in [5.41, 5.74) is -0.0977. The van der Waals surface area contributed by atoms with E-state index < -0.39 is 23.3 Å². The van der Waals surface area contributed by atoms with Crippen LogP contribution in [0.1, 0.15) is 17.4 Å². The van der Waals surface area contributed by atoms with Crippen LogP contribution in [-0.4, -0.2) is 5.11 Å². The van der Waals surface area contributed by atoms with Gasteiger partial charge < -0.3 is 9.52 Å². The molecule has 0 radical (unpaired) electrons. The van der Waals surface area contributed by atoms with Crippen molar-refractivity contribution in [3.05, 3.63) is 68.9 Å². The first-order valence-electron chi connectivity index (χ1n) is 5.98. The summed E-state index contributed by atoms with van der Waals surface area (Å²) in [5.74, 6) is -1.69. The van der Waals surface area contributed by atoms with Gasteiger partial charge in [-0.25, -0.2) is 8.78 Å². The van der Waals surface area contributed by atoms with Crippen molar-refractivity contribution >= 4 is 38.5 Å². The molecule has 1 heterocycles. The second-order valence-electron chi connectivity index (χ2n) is 4.49. The molecule has 1 N–H and O–H groups in total. The standard InChI is InChI=1S/C15H8BrClF2O2/c16-8-5-10(18)13(11(19)6-8)14(20)12-4-7-2-1-3-9(17)15(7)21-12/h1-6,14,20H. The average molecular weight is 374 g/mol. The summed E-state index contributed by atoms with van der Waals surface area (Å²) in [6.07, 6.45) is -1.55. The number of para-hydroxylation sites is 1. The maximum Gasteiger partial charge on any atom is 0.153 e. The summed E-state index contributed by atoms with van der Waals surface area (Å²) < 4.78 is 33.4. The Balaban J connectivity index is 2.12. The number of aliphatic hydroxyl groups excluding tert-OH is 1. The molecule has 2 aromatic carbocycles. The molecular weight excluding hydrogens is 366 g/mol. The Morgan fingerprint density at radius 3 is 2.43 bits per heavy atom. The van der Waals surface area contributed by atoms with Crippen LogP contribution in [0.5, 0.6) is 0 Å². The Labute approximate surface area is 132 Å². The number of hydrogen-bond acceptors (Lipinski definition) is 2. The molecule has 0 saturated heterocycles. The lowest BCUT2D eigenvalue weighted by Crippen LogP contribution is -2.05. The summed E-state index contributed by atoms with van der Waals surface area (Å²) in [7, 11) is 0. The molecule has 1 atom stereocenters. The Morgan fingerprint density at radius 2 is 1.81 bits per heavy atom. The minimum absolute atomic E-state index is 0.0261. The van der Waals surface area contributed by atoms with Crippen LogP contribution in [0.15, 0.2) is 45.3 Å². The molecule has 0 spiro atoms. The summed E-state index contributed by atoms with van der Waals surface area (Å²) in [6, 6.07) is 8.75. The molecule has 0 aliphatic carbocycles. The summed E-state index contributed by atoms with van der Waals surface area (Å²) in [4.78, 5) is 0. The molecule has 108 valence electrons. The number of fused-ring (bicyclic) bond motifs is 1. The van der Waals surface area contributed by atoms with Crippen molar-refractivity contribution < 1.29 is 18.3 Å². The van der Waals surface area contributed by atoms with Gasteiger partial charge in [0.1, 0.15) is 23.5 Å². The molecule has 0 amide bonds. The molecular formula is C15H8BrClF2O2. The molecule has 3 aromatic rings. The third-order valence-corrected chi connectivity index (χ3v) is 3.86. The van der Waals surface area contributed by atoms with Gasteiger partial charge in [-0.1, -0.05) is 39.7 Å². The van der Waals surface area contributed by atoms with Gasteiger partial charge in [-0.3, -0.25) is 0 Å². The van der Waals surface area contributed by atoms with Crippen molar-refractivity contribution in [3.63, 3.8) is 0 Å². The predicted octanol–water partition coefficient (Wildman–Crippen LogP) is 5.21. The number of furan rings is 1. The molecule has 0 fully saturated rings. The van der Waals surface area contributed by atoms with E-state index in [4.69, 9.17) is 16.0 Å². The average Bonchev–Trinajstić information content (AvgIpc) is 2.82. The Hall–Kier alpha value is -1.43. The van der Waals surface area contributed by atoms with Crippen LogP contribution < -0.4 is 0 Å². The zero-order chi connectivity index (χ0) is 15.1. The van der Waals surface area contributed by atoms with Gasteiger partial charge in [-0.2, -0.15) is 0 Å². The lowest BCUT2D eigenvalue weighted by Gasteiger charge is -2.10. The minimum atomic E-state index is -1.55. The van der Waals surface area contributed by atoms with Crippen molar-refractivity contribution in [2.75, 3.05) is 0 Å². The molecule has 3 rings (SSSR count). The first kappa shape index (κ1) is 14.5. The van der Waals surface area contributed by atoms with E-state index >= 15 is 0 Å². The highest BCUT2D eigenvalue weighted by molar-refractivity contribution is 9.10.